The highest BCUT2D eigenvalue weighted by molar-refractivity contribution is 5.76. The van der Waals surface area contributed by atoms with Crippen molar-refractivity contribution in [3.05, 3.63) is 48.6 Å². The monoisotopic (exact) mass is 354 g/mol. The minimum absolute atomic E-state index is 0.292. The summed E-state index contributed by atoms with van der Waals surface area (Å²) in [6, 6.07) is 8.11. The molecule has 1 aromatic heterocycles. The maximum absolute atomic E-state index is 6.81. The van der Waals surface area contributed by atoms with E-state index in [9.17, 15) is 0 Å². The van der Waals surface area contributed by atoms with E-state index >= 15 is 0 Å². The van der Waals surface area contributed by atoms with Gasteiger partial charge in [-0.05, 0) is 43.9 Å². The summed E-state index contributed by atoms with van der Waals surface area (Å²) in [5.41, 5.74) is 17.5. The van der Waals surface area contributed by atoms with E-state index < -0.39 is 5.66 Å². The minimum Gasteiger partial charge on any atom is -0.497 e. The molecular formula is C19H26N6O. The lowest BCUT2D eigenvalue weighted by atomic mass is 9.78. The first kappa shape index (κ1) is 16.9. The van der Waals surface area contributed by atoms with Gasteiger partial charge in [0.2, 0.25) is 0 Å². The van der Waals surface area contributed by atoms with Crippen molar-refractivity contribution >= 4 is 11.4 Å². The molecule has 1 atom stereocenters. The third kappa shape index (κ3) is 3.15. The van der Waals surface area contributed by atoms with Gasteiger partial charge in [-0.2, -0.15) is 0 Å². The van der Waals surface area contributed by atoms with Gasteiger partial charge in [0.05, 0.1) is 12.8 Å². The molecule has 138 valence electrons. The first-order valence-corrected chi connectivity index (χ1v) is 9.08. The van der Waals surface area contributed by atoms with E-state index in [2.05, 4.69) is 21.8 Å². The van der Waals surface area contributed by atoms with Gasteiger partial charge in [0.15, 0.2) is 5.82 Å². The third-order valence-corrected chi connectivity index (χ3v) is 5.38. The highest BCUT2D eigenvalue weighted by Crippen LogP contribution is 2.35. The Morgan fingerprint density at radius 3 is 2.88 bits per heavy atom. The van der Waals surface area contributed by atoms with Crippen LogP contribution in [-0.2, 0) is 0 Å². The van der Waals surface area contributed by atoms with Crippen LogP contribution in [0.3, 0.4) is 0 Å². The van der Waals surface area contributed by atoms with Gasteiger partial charge in [-0.3, -0.25) is 0 Å². The first-order valence-electron chi connectivity index (χ1n) is 9.08. The number of hydrogen-bond acceptors (Lipinski definition) is 6. The molecule has 1 saturated carbocycles. The Kier molecular flexibility index (Phi) is 4.34. The number of hydrogen-bond donors (Lipinski definition) is 4. The molecule has 2 heterocycles. The van der Waals surface area contributed by atoms with Crippen molar-refractivity contribution in [2.75, 3.05) is 17.9 Å². The van der Waals surface area contributed by atoms with Crippen molar-refractivity contribution in [1.82, 2.24) is 9.66 Å². The first-order chi connectivity index (χ1) is 12.6. The van der Waals surface area contributed by atoms with Crippen LogP contribution < -0.4 is 26.9 Å². The lowest BCUT2D eigenvalue weighted by Crippen LogP contribution is -2.58. The van der Waals surface area contributed by atoms with Crippen LogP contribution in [0.15, 0.2) is 42.7 Å². The molecular weight excluding hydrogens is 328 g/mol. The van der Waals surface area contributed by atoms with E-state index in [1.54, 1.807) is 13.3 Å². The molecule has 0 bridgehead atoms. The summed E-state index contributed by atoms with van der Waals surface area (Å²) < 4.78 is 7.22. The van der Waals surface area contributed by atoms with E-state index in [0.717, 1.165) is 48.6 Å². The van der Waals surface area contributed by atoms with Crippen molar-refractivity contribution in [1.29, 1.82) is 0 Å². The zero-order valence-corrected chi connectivity index (χ0v) is 15.0. The molecule has 7 nitrogen and oxygen atoms in total. The number of anilines is 1. The molecule has 1 aromatic carbocycles. The van der Waals surface area contributed by atoms with Gasteiger partial charge in [0.25, 0.3) is 0 Å². The topological polar surface area (TPSA) is 103 Å². The summed E-state index contributed by atoms with van der Waals surface area (Å²) in [5.74, 6) is 1.93. The summed E-state index contributed by atoms with van der Waals surface area (Å²) in [6.07, 6.45) is 9.77. The molecule has 4 rings (SSSR count). The summed E-state index contributed by atoms with van der Waals surface area (Å²) in [4.78, 5) is 4.46. The van der Waals surface area contributed by atoms with E-state index in [1.165, 1.54) is 0 Å². The zero-order chi connectivity index (χ0) is 18.1. The molecule has 26 heavy (non-hydrogen) atoms. The van der Waals surface area contributed by atoms with Crippen LogP contribution in [0, 0.1) is 5.92 Å². The zero-order valence-electron chi connectivity index (χ0n) is 15.0. The average molecular weight is 354 g/mol. The number of rotatable bonds is 4. The highest BCUT2D eigenvalue weighted by atomic mass is 16.5. The molecule has 2 aliphatic rings. The van der Waals surface area contributed by atoms with Crippen LogP contribution in [0.5, 0.6) is 5.75 Å². The Hall–Kier alpha value is -2.51. The predicted molar refractivity (Wildman–Crippen MR) is 103 cm³/mol. The average Bonchev–Trinajstić information content (AvgIpc) is 3.10. The van der Waals surface area contributed by atoms with Gasteiger partial charge in [-0.1, -0.05) is 6.07 Å². The highest BCUT2D eigenvalue weighted by Gasteiger charge is 2.39. The molecule has 0 spiro atoms. The number of benzene rings is 1. The Morgan fingerprint density at radius 1 is 1.31 bits per heavy atom. The molecule has 7 heteroatoms. The molecule has 0 amide bonds. The largest absolute Gasteiger partial charge is 0.497 e. The van der Waals surface area contributed by atoms with Crippen LogP contribution in [0.2, 0.25) is 0 Å². The van der Waals surface area contributed by atoms with Gasteiger partial charge in [0, 0.05) is 36.1 Å². The predicted octanol–water partition coefficient (Wildman–Crippen LogP) is 2.07. The quantitative estimate of drug-likeness (QED) is 0.670. The molecule has 1 aliphatic carbocycles. The molecule has 1 unspecified atom stereocenters. The normalized spacial score (nSPS) is 27.9. The van der Waals surface area contributed by atoms with Gasteiger partial charge in [-0.25, -0.2) is 9.66 Å². The van der Waals surface area contributed by atoms with Gasteiger partial charge in [-0.15, -0.1) is 0 Å². The van der Waals surface area contributed by atoms with Crippen LogP contribution >= 0.6 is 0 Å². The Morgan fingerprint density at radius 2 is 2.12 bits per heavy atom. The number of aromatic nitrogens is 2. The molecule has 0 radical (unpaired) electrons. The smallest absolute Gasteiger partial charge is 0.174 e. The van der Waals surface area contributed by atoms with Gasteiger partial charge < -0.3 is 26.9 Å². The van der Waals surface area contributed by atoms with Crippen molar-refractivity contribution < 1.29 is 4.74 Å². The second-order valence-corrected chi connectivity index (χ2v) is 7.19. The van der Waals surface area contributed by atoms with Crippen LogP contribution in [0.1, 0.15) is 31.5 Å². The second-order valence-electron chi connectivity index (χ2n) is 7.19. The van der Waals surface area contributed by atoms with Gasteiger partial charge >= 0.3 is 0 Å². The molecule has 1 aliphatic heterocycles. The van der Waals surface area contributed by atoms with E-state index in [4.69, 9.17) is 16.2 Å². The molecule has 6 N–H and O–H groups in total. The van der Waals surface area contributed by atoms with Crippen LogP contribution in [0.4, 0.5) is 5.69 Å². The van der Waals surface area contributed by atoms with Crippen molar-refractivity contribution in [3.8, 4) is 5.75 Å². The Labute approximate surface area is 153 Å². The van der Waals surface area contributed by atoms with Crippen LogP contribution in [0.25, 0.3) is 5.70 Å². The fourth-order valence-electron chi connectivity index (χ4n) is 3.89. The summed E-state index contributed by atoms with van der Waals surface area (Å²) in [7, 11) is 1.66. The number of nitrogens with one attached hydrogen (secondary N) is 2. The SMILES string of the molecule is COc1cccc(NC2=CC(N)(C3CCC(N)CC3)Nn3ccnc32)c1. The fraction of sp³-hybridized carbons (Fsp3) is 0.421. The summed E-state index contributed by atoms with van der Waals surface area (Å²) >= 11 is 0. The second kappa shape index (κ2) is 6.66. The lowest BCUT2D eigenvalue weighted by molar-refractivity contribution is 0.239. The van der Waals surface area contributed by atoms with E-state index in [0.29, 0.717) is 12.0 Å². The van der Waals surface area contributed by atoms with Gasteiger partial charge in [0.1, 0.15) is 11.4 Å². The standard InChI is InChI=1S/C19H26N6O/c1-26-16-4-2-3-15(11-16)23-17-12-19(21,13-5-7-14(20)8-6-13)24-25-10-9-22-18(17)25/h2-4,9-14,23-24H,5-8,20-21H2,1H3. The summed E-state index contributed by atoms with van der Waals surface area (Å²) in [6.45, 7) is 0. The Balaban J connectivity index is 1.65. The van der Waals surface area contributed by atoms with Crippen molar-refractivity contribution in [2.45, 2.75) is 37.4 Å². The van der Waals surface area contributed by atoms with Crippen molar-refractivity contribution in [3.63, 3.8) is 0 Å². The number of nitrogens with two attached hydrogens (primary N) is 2. The molecule has 0 saturated heterocycles. The minimum atomic E-state index is -0.644. The van der Waals surface area contributed by atoms with Crippen LogP contribution in [-0.4, -0.2) is 28.5 Å². The maximum atomic E-state index is 6.81. The summed E-state index contributed by atoms with van der Waals surface area (Å²) in [5, 5.41) is 3.45. The maximum Gasteiger partial charge on any atom is 0.174 e. The Bertz CT molecular complexity index is 808. The molecule has 2 aromatic rings. The number of nitrogens with zero attached hydrogens (tertiary/aromatic N) is 2. The van der Waals surface area contributed by atoms with E-state index in [-0.39, 0.29) is 0 Å². The number of ether oxygens (including phenoxy) is 1. The number of fused-ring (bicyclic) bond motifs is 1. The van der Waals surface area contributed by atoms with E-state index in [1.807, 2.05) is 35.1 Å². The number of methoxy groups -OCH3 is 1. The molecule has 1 fully saturated rings. The van der Waals surface area contributed by atoms with Crippen molar-refractivity contribution in [2.24, 2.45) is 17.4 Å². The third-order valence-electron chi connectivity index (χ3n) is 5.38. The number of imidazole rings is 1. The fourth-order valence-corrected chi connectivity index (χ4v) is 3.89. The lowest BCUT2D eigenvalue weighted by Gasteiger charge is -2.42.